The molecule has 0 spiro atoms. The van der Waals surface area contributed by atoms with E-state index in [1.165, 1.54) is 0 Å². The molecule has 0 bridgehead atoms. The molecule has 0 unspecified atom stereocenters. The van der Waals surface area contributed by atoms with Crippen molar-refractivity contribution in [2.75, 3.05) is 51.3 Å². The Bertz CT molecular complexity index is 780. The van der Waals surface area contributed by atoms with Crippen LogP contribution < -0.4 is 15.0 Å². The third-order valence-electron chi connectivity index (χ3n) is 5.53. The number of hydrogen-bond donors (Lipinski definition) is 1. The monoisotopic (exact) mass is 418 g/mol. The number of hydrogen-bond acceptors (Lipinski definition) is 6. The number of methoxy groups -OCH3 is 1. The van der Waals surface area contributed by atoms with Crippen molar-refractivity contribution in [3.8, 4) is 5.75 Å². The minimum absolute atomic E-state index is 0.117. The third-order valence-corrected chi connectivity index (χ3v) is 6.61. The van der Waals surface area contributed by atoms with Gasteiger partial charge in [0.2, 0.25) is 5.91 Å². The molecule has 0 radical (unpaired) electrons. The van der Waals surface area contributed by atoms with E-state index in [4.69, 9.17) is 9.72 Å². The normalized spacial score (nSPS) is 15.2. The molecule has 1 aromatic heterocycles. The molecule has 0 atom stereocenters. The zero-order valence-electron chi connectivity index (χ0n) is 17.9. The first kappa shape index (κ1) is 21.8. The lowest BCUT2D eigenvalue weighted by Gasteiger charge is -2.31. The van der Waals surface area contributed by atoms with Gasteiger partial charge in [-0.3, -0.25) is 4.79 Å². The average molecular weight is 419 g/mol. The van der Waals surface area contributed by atoms with Crippen molar-refractivity contribution in [2.24, 2.45) is 5.92 Å². The second kappa shape index (κ2) is 10.8. The molecule has 1 amide bonds. The van der Waals surface area contributed by atoms with Gasteiger partial charge in [-0.1, -0.05) is 25.2 Å². The van der Waals surface area contributed by atoms with Crippen molar-refractivity contribution in [1.29, 1.82) is 0 Å². The lowest BCUT2D eigenvalue weighted by molar-refractivity contribution is -0.125. The predicted octanol–water partition coefficient (Wildman–Crippen LogP) is 3.76. The highest BCUT2D eigenvalue weighted by Gasteiger charge is 2.26. The predicted molar refractivity (Wildman–Crippen MR) is 121 cm³/mol. The lowest BCUT2D eigenvalue weighted by atomic mass is 9.96. The van der Waals surface area contributed by atoms with E-state index in [-0.39, 0.29) is 11.8 Å². The molecule has 2 heterocycles. The molecule has 0 saturated carbocycles. The van der Waals surface area contributed by atoms with Crippen LogP contribution in [0.15, 0.2) is 18.2 Å². The zero-order valence-corrected chi connectivity index (χ0v) is 18.8. The molecule has 2 aromatic rings. The van der Waals surface area contributed by atoms with Gasteiger partial charge in [-0.2, -0.15) is 0 Å². The Morgan fingerprint density at radius 1 is 1.24 bits per heavy atom. The summed E-state index contributed by atoms with van der Waals surface area (Å²) in [6.45, 7) is 10.1. The number of nitrogens with one attached hydrogen (secondary N) is 1. The fourth-order valence-electron chi connectivity index (χ4n) is 3.94. The van der Waals surface area contributed by atoms with E-state index < -0.39 is 0 Å². The molecule has 1 aliphatic heterocycles. The number of nitrogens with zero attached hydrogens (tertiary/aromatic N) is 3. The van der Waals surface area contributed by atoms with Gasteiger partial charge in [0.25, 0.3) is 0 Å². The minimum atomic E-state index is 0.117. The van der Waals surface area contributed by atoms with Crippen molar-refractivity contribution >= 4 is 32.6 Å². The summed E-state index contributed by atoms with van der Waals surface area (Å²) in [5.74, 6) is 1.19. The Balaban J connectivity index is 1.46. The minimum Gasteiger partial charge on any atom is -0.497 e. The molecule has 160 valence electrons. The summed E-state index contributed by atoms with van der Waals surface area (Å²) in [5, 5.41) is 4.21. The number of rotatable bonds is 10. The van der Waals surface area contributed by atoms with Crippen molar-refractivity contribution in [3.05, 3.63) is 18.2 Å². The number of anilines is 1. The number of piperidine rings is 1. The topological polar surface area (TPSA) is 57.7 Å². The number of thiazole rings is 1. The fourth-order valence-corrected chi connectivity index (χ4v) is 4.98. The Labute approximate surface area is 178 Å². The maximum Gasteiger partial charge on any atom is 0.223 e. The standard InChI is InChI=1S/C22H34N4O2S/c1-4-11-25(12-5-2)15-10-23-21(27)17-8-13-26(14-9-17)22-24-19-7-6-18(28-3)16-20(19)29-22/h6-7,16-17H,4-5,8-15H2,1-3H3,(H,23,27). The highest BCUT2D eigenvalue weighted by Crippen LogP contribution is 2.33. The van der Waals surface area contributed by atoms with E-state index in [0.29, 0.717) is 0 Å². The van der Waals surface area contributed by atoms with Gasteiger partial charge in [0, 0.05) is 32.1 Å². The van der Waals surface area contributed by atoms with Crippen LogP contribution in [0, 0.1) is 5.92 Å². The lowest BCUT2D eigenvalue weighted by Crippen LogP contribution is -2.42. The molecule has 1 aliphatic rings. The Morgan fingerprint density at radius 3 is 2.62 bits per heavy atom. The van der Waals surface area contributed by atoms with Crippen LogP contribution in [0.5, 0.6) is 5.75 Å². The van der Waals surface area contributed by atoms with E-state index in [1.807, 2.05) is 18.2 Å². The molecule has 1 aromatic carbocycles. The van der Waals surface area contributed by atoms with Gasteiger partial charge < -0.3 is 19.9 Å². The molecule has 6 nitrogen and oxygen atoms in total. The molecule has 1 fully saturated rings. The van der Waals surface area contributed by atoms with E-state index in [0.717, 1.165) is 86.0 Å². The molecule has 1 N–H and O–H groups in total. The maximum absolute atomic E-state index is 12.6. The second-order valence-corrected chi connectivity index (χ2v) is 8.73. The van der Waals surface area contributed by atoms with E-state index in [1.54, 1.807) is 18.4 Å². The highest BCUT2D eigenvalue weighted by molar-refractivity contribution is 7.22. The summed E-state index contributed by atoms with van der Waals surface area (Å²) >= 11 is 1.70. The molecular formula is C22H34N4O2S. The van der Waals surface area contributed by atoms with Gasteiger partial charge >= 0.3 is 0 Å². The largest absolute Gasteiger partial charge is 0.497 e. The SMILES string of the molecule is CCCN(CCC)CCNC(=O)C1CCN(c2nc3ccc(OC)cc3s2)CC1. The average Bonchev–Trinajstić information content (AvgIpc) is 3.17. The van der Waals surface area contributed by atoms with Crippen molar-refractivity contribution in [1.82, 2.24) is 15.2 Å². The molecule has 3 rings (SSSR count). The second-order valence-electron chi connectivity index (χ2n) is 7.72. The first-order valence-electron chi connectivity index (χ1n) is 10.8. The summed E-state index contributed by atoms with van der Waals surface area (Å²) in [5.41, 5.74) is 1.01. The molecule has 7 heteroatoms. The number of aromatic nitrogens is 1. The van der Waals surface area contributed by atoms with Gasteiger partial charge in [-0.15, -0.1) is 0 Å². The van der Waals surface area contributed by atoms with Crippen molar-refractivity contribution < 1.29 is 9.53 Å². The van der Waals surface area contributed by atoms with Gasteiger partial charge in [-0.05, 0) is 57.0 Å². The van der Waals surface area contributed by atoms with Crippen LogP contribution >= 0.6 is 11.3 Å². The molecular weight excluding hydrogens is 384 g/mol. The van der Waals surface area contributed by atoms with Crippen molar-refractivity contribution in [2.45, 2.75) is 39.5 Å². The quantitative estimate of drug-likeness (QED) is 0.637. The van der Waals surface area contributed by atoms with Crippen LogP contribution in [0.3, 0.4) is 0 Å². The first-order chi connectivity index (χ1) is 14.1. The van der Waals surface area contributed by atoms with Crippen LogP contribution in [0.25, 0.3) is 10.2 Å². The van der Waals surface area contributed by atoms with Gasteiger partial charge in [0.05, 0.1) is 17.3 Å². The highest BCUT2D eigenvalue weighted by atomic mass is 32.1. The zero-order chi connectivity index (χ0) is 20.6. The summed E-state index contributed by atoms with van der Waals surface area (Å²) in [6.07, 6.45) is 4.09. The van der Waals surface area contributed by atoms with E-state index in [2.05, 4.69) is 29.0 Å². The third kappa shape index (κ3) is 5.82. The Hall–Kier alpha value is -1.86. The summed E-state index contributed by atoms with van der Waals surface area (Å²) in [7, 11) is 1.68. The van der Waals surface area contributed by atoms with Gasteiger partial charge in [-0.25, -0.2) is 4.98 Å². The molecule has 29 heavy (non-hydrogen) atoms. The Morgan fingerprint density at radius 2 is 1.97 bits per heavy atom. The van der Waals surface area contributed by atoms with Crippen LogP contribution in [0.1, 0.15) is 39.5 Å². The maximum atomic E-state index is 12.6. The van der Waals surface area contributed by atoms with Gasteiger partial charge in [0.15, 0.2) is 5.13 Å². The first-order valence-corrected chi connectivity index (χ1v) is 11.7. The summed E-state index contributed by atoms with van der Waals surface area (Å²) in [6, 6.07) is 6.00. The number of carbonyl (C=O) groups excluding carboxylic acids is 1. The fraction of sp³-hybridized carbons (Fsp3) is 0.636. The molecule has 0 aliphatic carbocycles. The Kier molecular flexibility index (Phi) is 8.12. The van der Waals surface area contributed by atoms with Crippen LogP contribution in [0.4, 0.5) is 5.13 Å². The summed E-state index contributed by atoms with van der Waals surface area (Å²) < 4.78 is 6.45. The van der Waals surface area contributed by atoms with Crippen molar-refractivity contribution in [3.63, 3.8) is 0 Å². The number of ether oxygens (including phenoxy) is 1. The number of amides is 1. The number of benzene rings is 1. The van der Waals surface area contributed by atoms with Crippen LogP contribution in [0.2, 0.25) is 0 Å². The van der Waals surface area contributed by atoms with Crippen LogP contribution in [-0.2, 0) is 4.79 Å². The molecule has 1 saturated heterocycles. The smallest absolute Gasteiger partial charge is 0.223 e. The number of carbonyl (C=O) groups is 1. The summed E-state index contributed by atoms with van der Waals surface area (Å²) in [4.78, 5) is 22.1. The van der Waals surface area contributed by atoms with E-state index >= 15 is 0 Å². The van der Waals surface area contributed by atoms with Crippen LogP contribution in [-0.4, -0.2) is 62.2 Å². The van der Waals surface area contributed by atoms with Gasteiger partial charge in [0.1, 0.15) is 5.75 Å². The van der Waals surface area contributed by atoms with E-state index in [9.17, 15) is 4.79 Å². The number of fused-ring (bicyclic) bond motifs is 1.